The average molecular weight is 334 g/mol. The van der Waals surface area contributed by atoms with Crippen LogP contribution in [0.15, 0.2) is 35.7 Å². The fraction of sp³-hybridized carbons (Fsp3) is 0.353. The first-order valence-corrected chi connectivity index (χ1v) is 8.47. The van der Waals surface area contributed by atoms with Gasteiger partial charge in [0.1, 0.15) is 5.75 Å². The van der Waals surface area contributed by atoms with Crippen molar-refractivity contribution in [3.8, 4) is 5.75 Å². The molecule has 1 unspecified atom stereocenters. The molecule has 0 radical (unpaired) electrons. The van der Waals surface area contributed by atoms with Gasteiger partial charge in [0.15, 0.2) is 0 Å². The highest BCUT2D eigenvalue weighted by Gasteiger charge is 2.15. The van der Waals surface area contributed by atoms with E-state index in [0.717, 1.165) is 21.9 Å². The molecule has 0 aliphatic rings. The molecule has 23 heavy (non-hydrogen) atoms. The van der Waals surface area contributed by atoms with Crippen molar-refractivity contribution in [1.29, 1.82) is 0 Å². The largest absolute Gasteiger partial charge is 0.494 e. The number of thiophene rings is 1. The minimum atomic E-state index is -0.288. The molecular weight excluding hydrogens is 312 g/mol. The van der Waals surface area contributed by atoms with Crippen molar-refractivity contribution in [2.24, 2.45) is 0 Å². The lowest BCUT2D eigenvalue weighted by Gasteiger charge is -2.18. The zero-order chi connectivity index (χ0) is 16.7. The highest BCUT2D eigenvalue weighted by Crippen LogP contribution is 2.23. The Hall–Kier alpha value is -2.05. The van der Waals surface area contributed by atoms with E-state index in [1.54, 1.807) is 11.3 Å². The van der Waals surface area contributed by atoms with Crippen LogP contribution in [0.25, 0.3) is 0 Å². The number of urea groups is 1. The van der Waals surface area contributed by atoms with Crippen LogP contribution in [-0.4, -0.2) is 24.4 Å². The fourth-order valence-corrected chi connectivity index (χ4v) is 3.07. The van der Waals surface area contributed by atoms with Crippen molar-refractivity contribution in [3.63, 3.8) is 0 Å². The number of aliphatic hydroxyl groups excluding tert-OH is 1. The van der Waals surface area contributed by atoms with Crippen LogP contribution < -0.4 is 15.4 Å². The van der Waals surface area contributed by atoms with Crippen LogP contribution in [0, 0.1) is 6.92 Å². The summed E-state index contributed by atoms with van der Waals surface area (Å²) in [6.07, 6.45) is 0.482. The molecular formula is C17H22N2O3S. The topological polar surface area (TPSA) is 70.6 Å². The van der Waals surface area contributed by atoms with Crippen LogP contribution >= 0.6 is 11.3 Å². The van der Waals surface area contributed by atoms with Crippen LogP contribution in [0.2, 0.25) is 0 Å². The highest BCUT2D eigenvalue weighted by molar-refractivity contribution is 7.10. The third-order valence-electron chi connectivity index (χ3n) is 3.37. The maximum atomic E-state index is 12.2. The summed E-state index contributed by atoms with van der Waals surface area (Å²) >= 11 is 1.56. The monoisotopic (exact) mass is 334 g/mol. The standard InChI is InChI=1S/C17H22N2O3S/c1-3-22-13-6-7-14(12(2)11-13)18-17(21)19-15(8-9-20)16-5-4-10-23-16/h4-7,10-11,15,20H,3,8-9H2,1-2H3,(H2,18,19,21). The Morgan fingerprint density at radius 1 is 1.39 bits per heavy atom. The second kappa shape index (κ2) is 8.55. The van der Waals surface area contributed by atoms with Crippen LogP contribution in [0.4, 0.5) is 10.5 Å². The molecule has 0 saturated heterocycles. The lowest BCUT2D eigenvalue weighted by atomic mass is 10.1. The van der Waals surface area contributed by atoms with Crippen LogP contribution in [0.1, 0.15) is 29.8 Å². The summed E-state index contributed by atoms with van der Waals surface area (Å²) in [6.45, 7) is 4.48. The fourth-order valence-electron chi connectivity index (χ4n) is 2.25. The van der Waals surface area contributed by atoms with Crippen LogP contribution in [0.3, 0.4) is 0 Å². The summed E-state index contributed by atoms with van der Waals surface area (Å²) in [6, 6.07) is 8.95. The second-order valence-electron chi connectivity index (χ2n) is 5.09. The molecule has 124 valence electrons. The van der Waals surface area contributed by atoms with Crippen LogP contribution in [0.5, 0.6) is 5.75 Å². The molecule has 1 atom stereocenters. The van der Waals surface area contributed by atoms with E-state index >= 15 is 0 Å². The zero-order valence-electron chi connectivity index (χ0n) is 13.3. The normalized spacial score (nSPS) is 11.8. The maximum Gasteiger partial charge on any atom is 0.319 e. The summed E-state index contributed by atoms with van der Waals surface area (Å²) in [5.74, 6) is 0.785. The number of carbonyl (C=O) groups excluding carboxylic acids is 1. The SMILES string of the molecule is CCOc1ccc(NC(=O)NC(CCO)c2cccs2)c(C)c1. The van der Waals surface area contributed by atoms with Gasteiger partial charge in [-0.1, -0.05) is 6.07 Å². The number of ether oxygens (including phenoxy) is 1. The lowest BCUT2D eigenvalue weighted by molar-refractivity contribution is 0.239. The minimum absolute atomic E-state index is 0.0188. The summed E-state index contributed by atoms with van der Waals surface area (Å²) in [5.41, 5.74) is 1.67. The molecule has 1 aromatic heterocycles. The first kappa shape index (κ1) is 17.3. The van der Waals surface area contributed by atoms with E-state index in [-0.39, 0.29) is 18.7 Å². The molecule has 0 aliphatic carbocycles. The molecule has 3 N–H and O–H groups in total. The van der Waals surface area contributed by atoms with Crippen molar-refractivity contribution >= 4 is 23.1 Å². The molecule has 0 spiro atoms. The third kappa shape index (κ3) is 4.97. The smallest absolute Gasteiger partial charge is 0.319 e. The van der Waals surface area contributed by atoms with Gasteiger partial charge < -0.3 is 20.5 Å². The molecule has 0 fully saturated rings. The molecule has 2 amide bonds. The molecule has 1 aromatic carbocycles. The molecule has 2 rings (SSSR count). The molecule has 6 heteroatoms. The van der Waals surface area contributed by atoms with Gasteiger partial charge in [0.25, 0.3) is 0 Å². The number of aryl methyl sites for hydroxylation is 1. The van der Waals surface area contributed by atoms with Gasteiger partial charge in [-0.15, -0.1) is 11.3 Å². The van der Waals surface area contributed by atoms with Crippen molar-refractivity contribution in [1.82, 2.24) is 5.32 Å². The van der Waals surface area contributed by atoms with E-state index in [4.69, 9.17) is 4.74 Å². The number of rotatable bonds is 7. The molecule has 0 bridgehead atoms. The Morgan fingerprint density at radius 3 is 2.83 bits per heavy atom. The molecule has 5 nitrogen and oxygen atoms in total. The van der Waals surface area contributed by atoms with E-state index in [9.17, 15) is 9.90 Å². The number of nitrogens with one attached hydrogen (secondary N) is 2. The van der Waals surface area contributed by atoms with E-state index in [1.165, 1.54) is 0 Å². The van der Waals surface area contributed by atoms with Crippen molar-refractivity contribution in [3.05, 3.63) is 46.2 Å². The summed E-state index contributed by atoms with van der Waals surface area (Å²) in [5, 5.41) is 16.9. The van der Waals surface area contributed by atoms with E-state index < -0.39 is 0 Å². The Morgan fingerprint density at radius 2 is 2.22 bits per heavy atom. The molecule has 1 heterocycles. The number of amides is 2. The Balaban J connectivity index is 2.00. The van der Waals surface area contributed by atoms with Gasteiger partial charge in [-0.25, -0.2) is 4.79 Å². The summed E-state index contributed by atoms with van der Waals surface area (Å²) in [7, 11) is 0. The van der Waals surface area contributed by atoms with Gasteiger partial charge >= 0.3 is 6.03 Å². The number of aliphatic hydroxyl groups is 1. The third-order valence-corrected chi connectivity index (χ3v) is 4.35. The van der Waals surface area contributed by atoms with E-state index in [2.05, 4.69) is 10.6 Å². The molecule has 2 aromatic rings. The van der Waals surface area contributed by atoms with E-state index in [0.29, 0.717) is 13.0 Å². The second-order valence-corrected chi connectivity index (χ2v) is 6.07. The lowest BCUT2D eigenvalue weighted by Crippen LogP contribution is -2.32. The summed E-state index contributed by atoms with van der Waals surface area (Å²) < 4.78 is 5.44. The van der Waals surface area contributed by atoms with Crippen molar-refractivity contribution < 1.29 is 14.6 Å². The Bertz CT molecular complexity index is 629. The highest BCUT2D eigenvalue weighted by atomic mass is 32.1. The Labute approximate surface area is 140 Å². The molecule has 0 aliphatic heterocycles. The molecule has 0 saturated carbocycles. The van der Waals surface area contributed by atoms with Crippen molar-refractivity contribution in [2.45, 2.75) is 26.3 Å². The first-order chi connectivity index (χ1) is 11.1. The minimum Gasteiger partial charge on any atom is -0.494 e. The number of hydrogen-bond donors (Lipinski definition) is 3. The van der Waals surface area contributed by atoms with Gasteiger partial charge in [0.05, 0.1) is 12.6 Å². The first-order valence-electron chi connectivity index (χ1n) is 7.59. The van der Waals surface area contributed by atoms with Crippen LogP contribution in [-0.2, 0) is 0 Å². The van der Waals surface area contributed by atoms with Gasteiger partial charge in [-0.2, -0.15) is 0 Å². The number of carbonyl (C=O) groups is 1. The quantitative estimate of drug-likeness (QED) is 0.723. The average Bonchev–Trinajstić information content (AvgIpc) is 3.04. The van der Waals surface area contributed by atoms with Crippen molar-refractivity contribution in [2.75, 3.05) is 18.5 Å². The number of hydrogen-bond acceptors (Lipinski definition) is 4. The van der Waals surface area contributed by atoms with E-state index in [1.807, 2.05) is 49.6 Å². The van der Waals surface area contributed by atoms with Gasteiger partial charge in [0, 0.05) is 17.2 Å². The summed E-state index contributed by atoms with van der Waals surface area (Å²) in [4.78, 5) is 13.3. The predicted octanol–water partition coefficient (Wildman–Crippen LogP) is 3.70. The van der Waals surface area contributed by atoms with Gasteiger partial charge in [-0.3, -0.25) is 0 Å². The Kier molecular flexibility index (Phi) is 6.43. The number of benzene rings is 1. The maximum absolute atomic E-state index is 12.2. The van der Waals surface area contributed by atoms with Gasteiger partial charge in [0.2, 0.25) is 0 Å². The van der Waals surface area contributed by atoms with Gasteiger partial charge in [-0.05, 0) is 55.5 Å². The zero-order valence-corrected chi connectivity index (χ0v) is 14.2. The number of anilines is 1. The predicted molar refractivity (Wildman–Crippen MR) is 93.3 cm³/mol.